The van der Waals surface area contributed by atoms with Crippen molar-refractivity contribution in [1.82, 2.24) is 14.7 Å². The maximum Gasteiger partial charge on any atom is 0.116 e. The van der Waals surface area contributed by atoms with Crippen molar-refractivity contribution in [2.45, 2.75) is 38.3 Å². The average molecular weight is 223 g/mol. The summed E-state index contributed by atoms with van der Waals surface area (Å²) in [4.78, 5) is 2.35. The number of hydrogen-bond donors (Lipinski definition) is 1. The molecule has 1 aromatic rings. The molecule has 0 spiro atoms. The van der Waals surface area contributed by atoms with E-state index in [1.807, 2.05) is 19.3 Å². The minimum absolute atomic E-state index is 0.231. The number of nitrogens with zero attached hydrogens (tertiary/aromatic N) is 3. The van der Waals surface area contributed by atoms with Crippen LogP contribution in [0.5, 0.6) is 0 Å². The van der Waals surface area contributed by atoms with Gasteiger partial charge in [0.05, 0.1) is 5.69 Å². The molecule has 4 heteroatoms. The van der Waals surface area contributed by atoms with Crippen LogP contribution in [0.4, 0.5) is 0 Å². The zero-order valence-corrected chi connectivity index (χ0v) is 10.3. The van der Waals surface area contributed by atoms with Gasteiger partial charge in [0.2, 0.25) is 0 Å². The molecule has 2 rings (SSSR count). The monoisotopic (exact) mass is 223 g/mol. The van der Waals surface area contributed by atoms with E-state index in [-0.39, 0.29) is 5.54 Å². The molecule has 0 amide bonds. The quantitative estimate of drug-likeness (QED) is 0.840. The van der Waals surface area contributed by atoms with Gasteiger partial charge in [0.15, 0.2) is 0 Å². The minimum Gasteiger partial charge on any atom is -0.385 e. The molecule has 1 aliphatic rings. The molecule has 1 saturated heterocycles. The molecule has 16 heavy (non-hydrogen) atoms. The van der Waals surface area contributed by atoms with Gasteiger partial charge in [0.25, 0.3) is 0 Å². The lowest BCUT2D eigenvalue weighted by atomic mass is 9.93. The molecule has 4 nitrogen and oxygen atoms in total. The Morgan fingerprint density at radius 2 is 2.00 bits per heavy atom. The van der Waals surface area contributed by atoms with E-state index in [1.54, 1.807) is 4.68 Å². The largest absolute Gasteiger partial charge is 0.385 e. The average Bonchev–Trinajstić information content (AvgIpc) is 2.86. The highest BCUT2D eigenvalue weighted by Crippen LogP contribution is 2.32. The zero-order valence-electron chi connectivity index (χ0n) is 10.3. The van der Waals surface area contributed by atoms with Crippen LogP contribution >= 0.6 is 0 Å². The molecule has 2 heterocycles. The first-order chi connectivity index (χ1) is 7.51. The number of rotatable bonds is 3. The zero-order chi connectivity index (χ0) is 11.8. The van der Waals surface area contributed by atoms with Gasteiger partial charge in [0.1, 0.15) is 6.10 Å². The van der Waals surface area contributed by atoms with E-state index in [1.165, 1.54) is 12.8 Å². The molecule has 1 N–H and O–H groups in total. The highest BCUT2D eigenvalue weighted by Gasteiger charge is 2.37. The predicted molar refractivity (Wildman–Crippen MR) is 63.1 cm³/mol. The Morgan fingerprint density at radius 3 is 2.50 bits per heavy atom. The van der Waals surface area contributed by atoms with Crippen molar-refractivity contribution in [2.24, 2.45) is 7.05 Å². The van der Waals surface area contributed by atoms with Crippen LogP contribution in [-0.2, 0) is 7.05 Å². The third-order valence-electron chi connectivity index (χ3n) is 3.60. The Morgan fingerprint density at radius 1 is 1.38 bits per heavy atom. The fourth-order valence-electron chi connectivity index (χ4n) is 2.41. The van der Waals surface area contributed by atoms with Crippen molar-refractivity contribution in [3.63, 3.8) is 0 Å². The summed E-state index contributed by atoms with van der Waals surface area (Å²) in [5.41, 5.74) is 0.532. The first-order valence-electron chi connectivity index (χ1n) is 5.94. The van der Waals surface area contributed by atoms with E-state index in [4.69, 9.17) is 0 Å². The van der Waals surface area contributed by atoms with Crippen molar-refractivity contribution in [3.05, 3.63) is 18.0 Å². The third-order valence-corrected chi connectivity index (χ3v) is 3.60. The first-order valence-corrected chi connectivity index (χ1v) is 5.94. The maximum atomic E-state index is 10.4. The molecule has 90 valence electrons. The number of hydrogen-bond acceptors (Lipinski definition) is 3. The Labute approximate surface area is 96.9 Å². The Kier molecular flexibility index (Phi) is 3.04. The number of likely N-dealkylation sites (tertiary alicyclic amines) is 1. The molecule has 1 unspecified atom stereocenters. The van der Waals surface area contributed by atoms with E-state index in [2.05, 4.69) is 23.8 Å². The second-order valence-corrected chi connectivity index (χ2v) is 5.16. The Bertz CT molecular complexity index is 353. The van der Waals surface area contributed by atoms with Gasteiger partial charge in [-0.05, 0) is 45.8 Å². The Hall–Kier alpha value is -0.870. The van der Waals surface area contributed by atoms with Crippen LogP contribution in [0.1, 0.15) is 38.5 Å². The second kappa shape index (κ2) is 4.18. The lowest BCUT2D eigenvalue weighted by molar-refractivity contribution is -0.00146. The van der Waals surface area contributed by atoms with Crippen molar-refractivity contribution in [1.29, 1.82) is 0 Å². The van der Waals surface area contributed by atoms with E-state index >= 15 is 0 Å². The highest BCUT2D eigenvalue weighted by molar-refractivity contribution is 5.09. The van der Waals surface area contributed by atoms with Gasteiger partial charge in [-0.15, -0.1) is 0 Å². The summed E-state index contributed by atoms with van der Waals surface area (Å²) in [5.74, 6) is 0. The Balaban J connectivity index is 2.15. The molecule has 0 aliphatic carbocycles. The molecule has 1 aliphatic heterocycles. The summed E-state index contributed by atoms with van der Waals surface area (Å²) in [6.07, 6.45) is 3.82. The van der Waals surface area contributed by atoms with Crippen LogP contribution in [0.3, 0.4) is 0 Å². The molecule has 1 atom stereocenters. The van der Waals surface area contributed by atoms with Gasteiger partial charge in [-0.25, -0.2) is 0 Å². The van der Waals surface area contributed by atoms with E-state index in [0.717, 1.165) is 18.8 Å². The standard InChI is InChI=1S/C12H21N3O/c1-12(2,15-7-4-5-8-15)11(16)10-6-9-14(3)13-10/h6,9,11,16H,4-5,7-8H2,1-3H3. The van der Waals surface area contributed by atoms with Gasteiger partial charge in [-0.3, -0.25) is 9.58 Å². The van der Waals surface area contributed by atoms with Crippen LogP contribution in [-0.4, -0.2) is 38.4 Å². The highest BCUT2D eigenvalue weighted by atomic mass is 16.3. The minimum atomic E-state index is -0.521. The number of aliphatic hydroxyl groups is 1. The van der Waals surface area contributed by atoms with E-state index in [0.29, 0.717) is 0 Å². The van der Waals surface area contributed by atoms with Crippen LogP contribution in [0.2, 0.25) is 0 Å². The summed E-state index contributed by atoms with van der Waals surface area (Å²) in [6, 6.07) is 1.89. The maximum absolute atomic E-state index is 10.4. The predicted octanol–water partition coefficient (Wildman–Crippen LogP) is 1.33. The van der Waals surface area contributed by atoms with Crippen LogP contribution in [0, 0.1) is 0 Å². The number of aliphatic hydroxyl groups excluding tert-OH is 1. The third kappa shape index (κ3) is 1.99. The van der Waals surface area contributed by atoms with E-state index in [9.17, 15) is 5.11 Å². The smallest absolute Gasteiger partial charge is 0.116 e. The molecular weight excluding hydrogens is 202 g/mol. The fraction of sp³-hybridized carbons (Fsp3) is 0.750. The summed E-state index contributed by atoms with van der Waals surface area (Å²) in [6.45, 7) is 6.35. The van der Waals surface area contributed by atoms with Gasteiger partial charge < -0.3 is 5.11 Å². The molecular formula is C12H21N3O. The summed E-state index contributed by atoms with van der Waals surface area (Å²) in [5, 5.41) is 14.7. The lowest BCUT2D eigenvalue weighted by Crippen LogP contribution is -2.46. The molecule has 1 aromatic heterocycles. The number of aromatic nitrogens is 2. The normalized spacial score (nSPS) is 20.2. The molecule has 0 aromatic carbocycles. The van der Waals surface area contributed by atoms with Gasteiger partial charge in [0, 0.05) is 18.8 Å². The fourth-order valence-corrected chi connectivity index (χ4v) is 2.41. The van der Waals surface area contributed by atoms with Gasteiger partial charge in [-0.2, -0.15) is 5.10 Å². The summed E-state index contributed by atoms with van der Waals surface area (Å²) >= 11 is 0. The van der Waals surface area contributed by atoms with Crippen molar-refractivity contribution in [2.75, 3.05) is 13.1 Å². The molecule has 0 radical (unpaired) electrons. The van der Waals surface area contributed by atoms with Gasteiger partial charge >= 0.3 is 0 Å². The van der Waals surface area contributed by atoms with Crippen LogP contribution < -0.4 is 0 Å². The number of aryl methyl sites for hydroxylation is 1. The summed E-state index contributed by atoms with van der Waals surface area (Å²) in [7, 11) is 1.87. The molecule has 1 fully saturated rings. The summed E-state index contributed by atoms with van der Waals surface area (Å²) < 4.78 is 1.73. The van der Waals surface area contributed by atoms with Crippen molar-refractivity contribution >= 4 is 0 Å². The van der Waals surface area contributed by atoms with Crippen LogP contribution in [0.25, 0.3) is 0 Å². The topological polar surface area (TPSA) is 41.3 Å². The van der Waals surface area contributed by atoms with Gasteiger partial charge in [-0.1, -0.05) is 0 Å². The van der Waals surface area contributed by atoms with E-state index < -0.39 is 6.10 Å². The van der Waals surface area contributed by atoms with Crippen LogP contribution in [0.15, 0.2) is 12.3 Å². The first kappa shape index (κ1) is 11.6. The molecule has 0 saturated carbocycles. The second-order valence-electron chi connectivity index (χ2n) is 5.16. The lowest BCUT2D eigenvalue weighted by Gasteiger charge is -2.38. The molecule has 0 bridgehead atoms. The van der Waals surface area contributed by atoms with Crippen molar-refractivity contribution < 1.29 is 5.11 Å². The van der Waals surface area contributed by atoms with Crippen molar-refractivity contribution in [3.8, 4) is 0 Å². The SMILES string of the molecule is Cn1ccc(C(O)C(C)(C)N2CCCC2)n1.